The Labute approximate surface area is 98.4 Å². The van der Waals surface area contributed by atoms with Gasteiger partial charge in [-0.25, -0.2) is 0 Å². The average Bonchev–Trinajstić information content (AvgIpc) is 2.38. The van der Waals surface area contributed by atoms with Crippen LogP contribution in [0.3, 0.4) is 0 Å². The number of nitrogens with two attached hydrogens (primary N) is 1. The van der Waals surface area contributed by atoms with E-state index in [1.54, 1.807) is 7.11 Å². The Balaban J connectivity index is 2.47. The van der Waals surface area contributed by atoms with E-state index in [1.165, 1.54) is 7.11 Å². The summed E-state index contributed by atoms with van der Waals surface area (Å²) in [7, 11) is 3.07. The Hall–Kier alpha value is -2.37. The van der Waals surface area contributed by atoms with Gasteiger partial charge >= 0.3 is 6.01 Å². The molecule has 0 unspecified atom stereocenters. The van der Waals surface area contributed by atoms with Crippen LogP contribution in [-0.4, -0.2) is 29.2 Å². The molecule has 0 saturated carbocycles. The van der Waals surface area contributed by atoms with E-state index in [0.29, 0.717) is 5.82 Å². The summed E-state index contributed by atoms with van der Waals surface area (Å²) in [5.41, 5.74) is 6.36. The fourth-order valence-electron chi connectivity index (χ4n) is 1.35. The lowest BCUT2D eigenvalue weighted by Crippen LogP contribution is -2.02. The summed E-state index contributed by atoms with van der Waals surface area (Å²) < 4.78 is 10.1. The van der Waals surface area contributed by atoms with Crippen LogP contribution in [0, 0.1) is 0 Å². The molecule has 88 valence electrons. The van der Waals surface area contributed by atoms with Gasteiger partial charge in [-0.1, -0.05) is 12.1 Å². The van der Waals surface area contributed by atoms with Crippen LogP contribution in [0.2, 0.25) is 0 Å². The smallest absolute Gasteiger partial charge is 0.321 e. The first-order valence-electron chi connectivity index (χ1n) is 4.93. The summed E-state index contributed by atoms with van der Waals surface area (Å²) in [6.07, 6.45) is 0. The summed E-state index contributed by atoms with van der Waals surface area (Å²) in [6, 6.07) is 7.55. The summed E-state index contributed by atoms with van der Waals surface area (Å²) in [4.78, 5) is 12.0. The minimum absolute atomic E-state index is 0.120. The lowest BCUT2D eigenvalue weighted by Gasteiger charge is -2.05. The molecule has 0 bridgehead atoms. The van der Waals surface area contributed by atoms with Gasteiger partial charge < -0.3 is 15.2 Å². The van der Waals surface area contributed by atoms with Crippen molar-refractivity contribution >= 4 is 5.95 Å². The number of benzene rings is 1. The number of aromatic nitrogens is 3. The van der Waals surface area contributed by atoms with E-state index in [1.807, 2.05) is 24.3 Å². The number of ether oxygens (including phenoxy) is 2. The van der Waals surface area contributed by atoms with Gasteiger partial charge in [0.05, 0.1) is 14.2 Å². The Morgan fingerprint density at radius 3 is 2.59 bits per heavy atom. The van der Waals surface area contributed by atoms with Crippen LogP contribution in [0.15, 0.2) is 24.3 Å². The maximum absolute atomic E-state index is 5.57. The lowest BCUT2D eigenvalue weighted by atomic mass is 10.2. The Kier molecular flexibility index (Phi) is 3.04. The van der Waals surface area contributed by atoms with E-state index in [9.17, 15) is 0 Å². The van der Waals surface area contributed by atoms with Crippen LogP contribution < -0.4 is 15.2 Å². The summed E-state index contributed by atoms with van der Waals surface area (Å²) >= 11 is 0. The van der Waals surface area contributed by atoms with E-state index in [4.69, 9.17) is 15.2 Å². The van der Waals surface area contributed by atoms with Crippen molar-refractivity contribution in [2.75, 3.05) is 20.0 Å². The van der Waals surface area contributed by atoms with Gasteiger partial charge in [-0.05, 0) is 12.1 Å². The topological polar surface area (TPSA) is 83.2 Å². The molecule has 17 heavy (non-hydrogen) atoms. The van der Waals surface area contributed by atoms with E-state index in [0.717, 1.165) is 11.3 Å². The first-order valence-corrected chi connectivity index (χ1v) is 4.93. The lowest BCUT2D eigenvalue weighted by molar-refractivity contribution is 0.379. The number of hydrogen-bond acceptors (Lipinski definition) is 6. The molecule has 0 fully saturated rings. The molecule has 0 aliphatic heterocycles. The van der Waals surface area contributed by atoms with Gasteiger partial charge in [-0.3, -0.25) is 0 Å². The molecule has 6 nitrogen and oxygen atoms in total. The van der Waals surface area contributed by atoms with Gasteiger partial charge in [0.2, 0.25) is 5.95 Å². The zero-order valence-corrected chi connectivity index (χ0v) is 9.54. The first kappa shape index (κ1) is 11.1. The Morgan fingerprint density at radius 2 is 1.88 bits per heavy atom. The number of methoxy groups -OCH3 is 2. The molecule has 2 aromatic rings. The monoisotopic (exact) mass is 232 g/mol. The molecule has 0 radical (unpaired) electrons. The molecule has 1 heterocycles. The summed E-state index contributed by atoms with van der Waals surface area (Å²) in [6.45, 7) is 0. The maximum Gasteiger partial charge on any atom is 0.321 e. The normalized spacial score (nSPS) is 10.0. The number of rotatable bonds is 3. The molecule has 0 aliphatic carbocycles. The fraction of sp³-hybridized carbons (Fsp3) is 0.182. The molecule has 1 aromatic heterocycles. The van der Waals surface area contributed by atoms with Crippen molar-refractivity contribution in [3.05, 3.63) is 24.3 Å². The minimum Gasteiger partial charge on any atom is -0.497 e. The maximum atomic E-state index is 5.57. The van der Waals surface area contributed by atoms with Crippen molar-refractivity contribution in [2.45, 2.75) is 0 Å². The highest BCUT2D eigenvalue weighted by atomic mass is 16.5. The van der Waals surface area contributed by atoms with Gasteiger partial charge in [0.25, 0.3) is 0 Å². The van der Waals surface area contributed by atoms with Gasteiger partial charge in [-0.2, -0.15) is 15.0 Å². The zero-order chi connectivity index (χ0) is 12.3. The standard InChI is InChI=1S/C11H12N4O2/c1-16-8-5-3-4-7(6-8)9-13-10(12)15-11(14-9)17-2/h3-6H,1-2H3,(H2,12,13,14,15). The predicted octanol–water partition coefficient (Wildman–Crippen LogP) is 1.14. The van der Waals surface area contributed by atoms with Crippen LogP contribution in [0.1, 0.15) is 0 Å². The SMILES string of the molecule is COc1cccc(-c2nc(N)nc(OC)n2)c1. The van der Waals surface area contributed by atoms with Crippen molar-refractivity contribution in [1.29, 1.82) is 0 Å². The molecule has 0 spiro atoms. The molecular weight excluding hydrogens is 220 g/mol. The molecule has 1 aromatic carbocycles. The molecule has 0 saturated heterocycles. The van der Waals surface area contributed by atoms with E-state index < -0.39 is 0 Å². The molecular formula is C11H12N4O2. The number of nitrogens with zero attached hydrogens (tertiary/aromatic N) is 3. The van der Waals surface area contributed by atoms with E-state index in [-0.39, 0.29) is 12.0 Å². The number of nitrogen functional groups attached to an aromatic ring is 1. The third-order valence-corrected chi connectivity index (χ3v) is 2.14. The van der Waals surface area contributed by atoms with Crippen molar-refractivity contribution in [2.24, 2.45) is 0 Å². The Bertz CT molecular complexity index is 531. The third kappa shape index (κ3) is 2.41. The van der Waals surface area contributed by atoms with Crippen LogP contribution >= 0.6 is 0 Å². The second-order valence-corrected chi connectivity index (χ2v) is 3.24. The molecule has 2 rings (SSSR count). The highest BCUT2D eigenvalue weighted by Crippen LogP contribution is 2.22. The largest absolute Gasteiger partial charge is 0.497 e. The highest BCUT2D eigenvalue weighted by Gasteiger charge is 2.07. The van der Waals surface area contributed by atoms with Gasteiger partial charge in [0.15, 0.2) is 5.82 Å². The number of hydrogen-bond donors (Lipinski definition) is 1. The van der Waals surface area contributed by atoms with Gasteiger partial charge in [0.1, 0.15) is 5.75 Å². The molecule has 2 N–H and O–H groups in total. The van der Waals surface area contributed by atoms with Crippen LogP contribution in [0.5, 0.6) is 11.8 Å². The van der Waals surface area contributed by atoms with Gasteiger partial charge in [0, 0.05) is 5.56 Å². The quantitative estimate of drug-likeness (QED) is 0.854. The predicted molar refractivity (Wildman–Crippen MR) is 62.8 cm³/mol. The fourth-order valence-corrected chi connectivity index (χ4v) is 1.35. The summed E-state index contributed by atoms with van der Waals surface area (Å²) in [5, 5.41) is 0. The first-order chi connectivity index (χ1) is 8.22. The van der Waals surface area contributed by atoms with Crippen molar-refractivity contribution in [3.8, 4) is 23.1 Å². The van der Waals surface area contributed by atoms with Crippen molar-refractivity contribution < 1.29 is 9.47 Å². The molecule has 0 atom stereocenters. The van der Waals surface area contributed by atoms with E-state index >= 15 is 0 Å². The van der Waals surface area contributed by atoms with Crippen molar-refractivity contribution in [1.82, 2.24) is 15.0 Å². The zero-order valence-electron chi connectivity index (χ0n) is 9.54. The summed E-state index contributed by atoms with van der Waals surface area (Å²) in [5.74, 6) is 1.29. The molecule has 0 aliphatic rings. The van der Waals surface area contributed by atoms with Crippen LogP contribution in [0.4, 0.5) is 5.95 Å². The van der Waals surface area contributed by atoms with E-state index in [2.05, 4.69) is 15.0 Å². The molecule has 6 heteroatoms. The second kappa shape index (κ2) is 4.65. The van der Waals surface area contributed by atoms with Crippen LogP contribution in [-0.2, 0) is 0 Å². The molecule has 0 amide bonds. The number of anilines is 1. The van der Waals surface area contributed by atoms with Crippen LogP contribution in [0.25, 0.3) is 11.4 Å². The third-order valence-electron chi connectivity index (χ3n) is 2.14. The van der Waals surface area contributed by atoms with Crippen molar-refractivity contribution in [3.63, 3.8) is 0 Å². The highest BCUT2D eigenvalue weighted by molar-refractivity contribution is 5.58. The average molecular weight is 232 g/mol. The second-order valence-electron chi connectivity index (χ2n) is 3.24. The minimum atomic E-state index is 0.120. The van der Waals surface area contributed by atoms with Gasteiger partial charge in [-0.15, -0.1) is 0 Å². The Morgan fingerprint density at radius 1 is 1.06 bits per heavy atom.